The van der Waals surface area contributed by atoms with Gasteiger partial charge in [-0.1, -0.05) is 66.2 Å². The Morgan fingerprint density at radius 3 is 2.61 bits per heavy atom. The number of fused-ring (bicyclic) bond motifs is 3. The van der Waals surface area contributed by atoms with Crippen molar-refractivity contribution in [2.75, 3.05) is 13.6 Å². The van der Waals surface area contributed by atoms with Gasteiger partial charge in [0.25, 0.3) is 0 Å². The van der Waals surface area contributed by atoms with Gasteiger partial charge in [0.15, 0.2) is 5.78 Å². The summed E-state index contributed by atoms with van der Waals surface area (Å²) in [7, 11) is 1.63. The molecule has 3 amide bonds. The second-order valence-electron chi connectivity index (χ2n) is 14.1. The Hall–Kier alpha value is -5.08. The molecule has 1 aliphatic heterocycles. The average molecular weight is 795 g/mol. The Kier molecular flexibility index (Phi) is 13.9. The summed E-state index contributed by atoms with van der Waals surface area (Å²) < 4.78 is 0. The molecule has 0 fully saturated rings. The molecule has 2 aromatic carbocycles. The summed E-state index contributed by atoms with van der Waals surface area (Å²) in [5.74, 6) is -2.17. The van der Waals surface area contributed by atoms with Crippen molar-refractivity contribution in [3.63, 3.8) is 0 Å². The number of nitrogens with zero attached hydrogens (tertiary/aromatic N) is 3. The van der Waals surface area contributed by atoms with Crippen LogP contribution in [0.4, 0.5) is 0 Å². The number of pyridine rings is 2. The first-order chi connectivity index (χ1) is 27.1. The number of Topliss-reactive ketones (excluding diaryl/α,β-unsaturated/α-hetero) is 1. The van der Waals surface area contributed by atoms with E-state index in [2.05, 4.69) is 20.6 Å². The number of aromatic nitrogens is 3. The van der Waals surface area contributed by atoms with Crippen LogP contribution in [0.1, 0.15) is 55.2 Å². The number of ketones is 1. The second kappa shape index (κ2) is 19.2. The maximum Gasteiger partial charge on any atom is 0.243 e. The molecule has 0 saturated carbocycles. The number of hydrogen-bond acceptors (Lipinski definition) is 9. The molecule has 0 unspecified atom stereocenters. The Morgan fingerprint density at radius 1 is 1.00 bits per heavy atom. The summed E-state index contributed by atoms with van der Waals surface area (Å²) in [5, 5.41) is 8.59. The largest absolute Gasteiger partial charge is 0.370 e. The zero-order valence-electron chi connectivity index (χ0n) is 31.3. The highest BCUT2D eigenvalue weighted by Gasteiger charge is 2.35. The van der Waals surface area contributed by atoms with Gasteiger partial charge in [-0.25, -0.2) is 4.98 Å². The first-order valence-corrected chi connectivity index (χ1v) is 20.0. The Labute approximate surface area is 335 Å². The van der Waals surface area contributed by atoms with Gasteiger partial charge >= 0.3 is 0 Å². The topological polar surface area (TPSA) is 189 Å². The summed E-state index contributed by atoms with van der Waals surface area (Å²) in [4.78, 5) is 69.9. The fraction of sp³-hybridized carbons (Fsp3) is 0.333. The number of aromatic amines is 1. The smallest absolute Gasteiger partial charge is 0.243 e. The van der Waals surface area contributed by atoms with Crippen LogP contribution in [-0.2, 0) is 38.7 Å². The molecule has 14 heteroatoms. The number of unbranched alkanes of at least 4 members (excludes halogenated alkanes) is 1. The Balaban J connectivity index is 1.47. The van der Waals surface area contributed by atoms with Gasteiger partial charge in [0, 0.05) is 91.5 Å². The van der Waals surface area contributed by atoms with Crippen LogP contribution in [0, 0.1) is 5.92 Å². The van der Waals surface area contributed by atoms with E-state index < -0.39 is 23.9 Å². The molecule has 12 nitrogen and oxygen atoms in total. The normalized spacial score (nSPS) is 18.6. The molecule has 0 bridgehead atoms. The maximum absolute atomic E-state index is 14.6. The molecule has 3 aromatic heterocycles. The van der Waals surface area contributed by atoms with Crippen LogP contribution in [0.5, 0.6) is 0 Å². The number of likely N-dealkylation sites (N-methyl/N-ethyl adjacent to an activating group) is 1. The predicted molar refractivity (Wildman–Crippen MR) is 219 cm³/mol. The molecule has 0 aliphatic carbocycles. The highest BCUT2D eigenvalue weighted by atomic mass is 35.5. The van der Waals surface area contributed by atoms with Crippen molar-refractivity contribution in [2.24, 2.45) is 17.4 Å². The van der Waals surface area contributed by atoms with Gasteiger partial charge in [0.1, 0.15) is 11.1 Å². The number of H-pyrrole nitrogens is 1. The lowest BCUT2D eigenvalue weighted by atomic mass is 9.90. The molecule has 56 heavy (non-hydrogen) atoms. The molecular formula is C42H47ClN8O4S. The number of nitrogens with two attached hydrogens (primary N) is 2. The van der Waals surface area contributed by atoms with Gasteiger partial charge in [0.2, 0.25) is 17.7 Å². The molecule has 0 saturated heterocycles. The number of carbonyl (C=O) groups excluding carboxylic acids is 4. The number of rotatable bonds is 10. The zero-order chi connectivity index (χ0) is 39.6. The van der Waals surface area contributed by atoms with Gasteiger partial charge in [-0.3, -0.25) is 24.2 Å². The minimum atomic E-state index is -0.937. The molecule has 3 atom stereocenters. The summed E-state index contributed by atoms with van der Waals surface area (Å²) in [6, 6.07) is 17.3. The standard InChI is InChI=1S/C42H47ClN8O4S/c1-51-36(20-29-24-48-34-12-3-2-11-31(29)34)40(54)50-25-32-30(27-9-6-18-46-22-27)13-14-33(43)39(32)56-41-28(10-7-19-47-41)23-49-35(15-16-38(45)53)37(52)21-26(42(51)55)8-4-5-17-44/h2-3,6-7,9-14,18-19,22,24,26,35-36,48-49H,4-5,8,15-17,20-21,23,25,44H2,1H3,(H2,45,53)(H,50,54)/t26-,35+,36+/m1/s1. The molecular weight excluding hydrogens is 748 g/mol. The van der Waals surface area contributed by atoms with E-state index in [1.807, 2.05) is 66.9 Å². The van der Waals surface area contributed by atoms with Gasteiger partial charge in [-0.15, -0.1) is 0 Å². The van der Waals surface area contributed by atoms with Crippen molar-refractivity contribution in [3.05, 3.63) is 107 Å². The monoisotopic (exact) mass is 794 g/mol. The number of para-hydroxylation sites is 1. The minimum absolute atomic E-state index is 0.0172. The summed E-state index contributed by atoms with van der Waals surface area (Å²) in [5.41, 5.74) is 16.4. The predicted octanol–water partition coefficient (Wildman–Crippen LogP) is 5.56. The van der Waals surface area contributed by atoms with Crippen LogP contribution in [0.15, 0.2) is 95.4 Å². The highest BCUT2D eigenvalue weighted by Crippen LogP contribution is 2.41. The minimum Gasteiger partial charge on any atom is -0.370 e. The van der Waals surface area contributed by atoms with Crippen LogP contribution in [0.2, 0.25) is 5.02 Å². The molecule has 7 N–H and O–H groups in total. The first-order valence-electron chi connectivity index (χ1n) is 18.8. The van der Waals surface area contributed by atoms with E-state index in [1.54, 1.807) is 25.6 Å². The third-order valence-electron chi connectivity index (χ3n) is 10.3. The van der Waals surface area contributed by atoms with Crippen LogP contribution in [0.3, 0.4) is 0 Å². The number of benzene rings is 2. The molecule has 0 radical (unpaired) electrons. The van der Waals surface area contributed by atoms with Gasteiger partial charge < -0.3 is 32.0 Å². The molecule has 1 aliphatic rings. The third-order valence-corrected chi connectivity index (χ3v) is 11.9. The lowest BCUT2D eigenvalue weighted by Gasteiger charge is -2.31. The van der Waals surface area contributed by atoms with Crippen molar-refractivity contribution in [1.82, 2.24) is 30.5 Å². The molecule has 0 spiro atoms. The number of carbonyl (C=O) groups is 4. The average Bonchev–Trinajstić information content (AvgIpc) is 3.62. The van der Waals surface area contributed by atoms with Crippen LogP contribution >= 0.6 is 23.4 Å². The van der Waals surface area contributed by atoms with Crippen molar-refractivity contribution in [1.29, 1.82) is 0 Å². The van der Waals surface area contributed by atoms with E-state index in [9.17, 15) is 19.2 Å². The Bertz CT molecular complexity index is 2180. The van der Waals surface area contributed by atoms with E-state index in [0.29, 0.717) is 40.8 Å². The lowest BCUT2D eigenvalue weighted by molar-refractivity contribution is -0.143. The molecule has 6 rings (SSSR count). The number of amides is 3. The fourth-order valence-electron chi connectivity index (χ4n) is 7.20. The van der Waals surface area contributed by atoms with Crippen molar-refractivity contribution in [3.8, 4) is 11.1 Å². The number of halogens is 1. The Morgan fingerprint density at radius 2 is 1.82 bits per heavy atom. The molecule has 5 aromatic rings. The van der Waals surface area contributed by atoms with Gasteiger partial charge in [-0.05, 0) is 72.3 Å². The molecule has 292 valence electrons. The van der Waals surface area contributed by atoms with Crippen molar-refractivity contribution >= 4 is 57.8 Å². The van der Waals surface area contributed by atoms with Crippen molar-refractivity contribution in [2.45, 2.75) is 80.0 Å². The SMILES string of the molecule is CN1C(=O)[C@H](CCCCN)CC(=O)[C@H](CCC(N)=O)NCc2cccnc2Sc2c(Cl)ccc(-c3cccnc3)c2CNC(=O)[C@@H]1Cc1c[nH]c2ccccc12. The summed E-state index contributed by atoms with van der Waals surface area (Å²) in [6.45, 7) is 0.777. The summed E-state index contributed by atoms with van der Waals surface area (Å²) in [6.07, 6.45) is 8.98. The summed E-state index contributed by atoms with van der Waals surface area (Å²) >= 11 is 8.35. The lowest BCUT2D eigenvalue weighted by Crippen LogP contribution is -2.51. The molecule has 4 heterocycles. The third kappa shape index (κ3) is 9.83. The number of hydrogen-bond donors (Lipinski definition) is 5. The van der Waals surface area contributed by atoms with E-state index >= 15 is 0 Å². The number of primary amides is 1. The maximum atomic E-state index is 14.6. The van der Waals surface area contributed by atoms with E-state index in [1.165, 1.54) is 16.7 Å². The highest BCUT2D eigenvalue weighted by molar-refractivity contribution is 7.99. The van der Waals surface area contributed by atoms with Crippen LogP contribution in [-0.4, -0.2) is 69.0 Å². The number of nitrogens with one attached hydrogen (secondary N) is 3. The second-order valence-corrected chi connectivity index (χ2v) is 15.5. The van der Waals surface area contributed by atoms with Gasteiger partial charge in [0.05, 0.1) is 11.1 Å². The first kappa shape index (κ1) is 40.6. The van der Waals surface area contributed by atoms with E-state index in [4.69, 9.17) is 28.1 Å². The zero-order valence-corrected chi connectivity index (χ0v) is 32.9. The fourth-order valence-corrected chi connectivity index (χ4v) is 8.55. The van der Waals surface area contributed by atoms with Crippen LogP contribution in [0.25, 0.3) is 22.0 Å². The quantitative estimate of drug-likeness (QED) is 0.113. The van der Waals surface area contributed by atoms with Gasteiger partial charge in [-0.2, -0.15) is 0 Å². The van der Waals surface area contributed by atoms with E-state index in [0.717, 1.165) is 38.7 Å². The van der Waals surface area contributed by atoms with Crippen LogP contribution < -0.4 is 22.1 Å². The van der Waals surface area contributed by atoms with Crippen molar-refractivity contribution < 1.29 is 19.2 Å². The van der Waals surface area contributed by atoms with E-state index in [-0.39, 0.29) is 56.4 Å².